The molecule has 0 aliphatic heterocycles. The fraction of sp³-hybridized carbons (Fsp3) is 0.278. The largest absolute Gasteiger partial charge is 0.341 e. The summed E-state index contributed by atoms with van der Waals surface area (Å²) in [6.07, 6.45) is 6.08. The fourth-order valence-corrected chi connectivity index (χ4v) is 2.51. The van der Waals surface area contributed by atoms with E-state index in [4.69, 9.17) is 0 Å². The van der Waals surface area contributed by atoms with E-state index in [0.717, 1.165) is 16.9 Å². The summed E-state index contributed by atoms with van der Waals surface area (Å²) in [6.45, 7) is 3.08. The first-order valence-corrected chi connectivity index (χ1v) is 7.95. The summed E-state index contributed by atoms with van der Waals surface area (Å²) < 4.78 is 3.62. The zero-order chi connectivity index (χ0) is 16.9. The van der Waals surface area contributed by atoms with Gasteiger partial charge in [0.15, 0.2) is 0 Å². The maximum absolute atomic E-state index is 12.3. The van der Waals surface area contributed by atoms with E-state index in [2.05, 4.69) is 10.2 Å². The highest BCUT2D eigenvalue weighted by Crippen LogP contribution is 2.10. The van der Waals surface area contributed by atoms with Crippen LogP contribution in [-0.2, 0) is 17.9 Å². The van der Waals surface area contributed by atoms with Crippen molar-refractivity contribution in [1.29, 1.82) is 0 Å². The highest BCUT2D eigenvalue weighted by atomic mass is 16.2. The molecule has 0 spiro atoms. The van der Waals surface area contributed by atoms with Crippen molar-refractivity contribution in [1.82, 2.24) is 24.5 Å². The van der Waals surface area contributed by atoms with Crippen molar-refractivity contribution in [3.05, 3.63) is 66.2 Å². The number of aryl methyl sites for hydroxylation is 2. The lowest BCUT2D eigenvalue weighted by Crippen LogP contribution is -2.27. The quantitative estimate of drug-likeness (QED) is 0.700. The van der Waals surface area contributed by atoms with Gasteiger partial charge in [0, 0.05) is 44.5 Å². The second-order valence-electron chi connectivity index (χ2n) is 5.85. The summed E-state index contributed by atoms with van der Waals surface area (Å²) in [6, 6.07) is 11.9. The Kier molecular flexibility index (Phi) is 4.74. The van der Waals surface area contributed by atoms with Gasteiger partial charge in [-0.3, -0.25) is 9.48 Å². The monoisotopic (exact) mass is 323 g/mol. The molecule has 0 radical (unpaired) electrons. The van der Waals surface area contributed by atoms with Crippen LogP contribution in [0.2, 0.25) is 0 Å². The summed E-state index contributed by atoms with van der Waals surface area (Å²) in [4.78, 5) is 14.0. The molecule has 0 saturated heterocycles. The van der Waals surface area contributed by atoms with Crippen LogP contribution in [0.25, 0.3) is 5.69 Å². The van der Waals surface area contributed by atoms with Gasteiger partial charge in [-0.05, 0) is 25.1 Å². The Labute approximate surface area is 141 Å². The average Bonchev–Trinajstić information content (AvgIpc) is 3.22. The van der Waals surface area contributed by atoms with E-state index in [1.807, 2.05) is 67.4 Å². The van der Waals surface area contributed by atoms with Gasteiger partial charge in [0.05, 0.1) is 17.6 Å². The highest BCUT2D eigenvalue weighted by molar-refractivity contribution is 5.75. The number of aromatic nitrogens is 4. The second kappa shape index (κ2) is 7.12. The first-order valence-electron chi connectivity index (χ1n) is 7.95. The molecule has 124 valence electrons. The van der Waals surface area contributed by atoms with Crippen molar-refractivity contribution in [3.63, 3.8) is 0 Å². The van der Waals surface area contributed by atoms with Gasteiger partial charge in [-0.25, -0.2) is 4.68 Å². The van der Waals surface area contributed by atoms with Crippen LogP contribution in [0.5, 0.6) is 0 Å². The van der Waals surface area contributed by atoms with E-state index < -0.39 is 0 Å². The van der Waals surface area contributed by atoms with E-state index in [9.17, 15) is 4.79 Å². The number of hydrogen-bond acceptors (Lipinski definition) is 3. The molecule has 3 aromatic rings. The smallest absolute Gasteiger partial charge is 0.224 e. The topological polar surface area (TPSA) is 56.0 Å². The molecule has 0 saturated carbocycles. The molecule has 6 heteroatoms. The van der Waals surface area contributed by atoms with Crippen LogP contribution in [-0.4, -0.2) is 37.4 Å². The minimum absolute atomic E-state index is 0.0932. The van der Waals surface area contributed by atoms with Crippen molar-refractivity contribution in [2.24, 2.45) is 0 Å². The molecule has 3 rings (SSSR count). The molecule has 1 amide bonds. The molecule has 2 aromatic heterocycles. The zero-order valence-electron chi connectivity index (χ0n) is 14.0. The normalized spacial score (nSPS) is 10.8. The zero-order valence-corrected chi connectivity index (χ0v) is 14.0. The van der Waals surface area contributed by atoms with Crippen LogP contribution in [0.1, 0.15) is 17.7 Å². The number of nitrogens with zero attached hydrogens (tertiary/aromatic N) is 5. The fourth-order valence-electron chi connectivity index (χ4n) is 2.51. The Balaban J connectivity index is 1.55. The van der Waals surface area contributed by atoms with Gasteiger partial charge in [-0.15, -0.1) is 0 Å². The Morgan fingerprint density at radius 1 is 1.21 bits per heavy atom. The minimum atomic E-state index is 0.0932. The predicted molar refractivity (Wildman–Crippen MR) is 91.6 cm³/mol. The third-order valence-corrected chi connectivity index (χ3v) is 3.83. The highest BCUT2D eigenvalue weighted by Gasteiger charge is 2.11. The number of carbonyl (C=O) groups is 1. The van der Waals surface area contributed by atoms with Crippen LogP contribution in [0.3, 0.4) is 0 Å². The molecular weight excluding hydrogens is 302 g/mol. The summed E-state index contributed by atoms with van der Waals surface area (Å²) in [5.74, 6) is 0.0932. The number of hydrogen-bond donors (Lipinski definition) is 0. The van der Waals surface area contributed by atoms with Gasteiger partial charge in [-0.2, -0.15) is 10.2 Å². The van der Waals surface area contributed by atoms with E-state index >= 15 is 0 Å². The second-order valence-corrected chi connectivity index (χ2v) is 5.85. The molecule has 0 N–H and O–H groups in total. The third-order valence-electron chi connectivity index (χ3n) is 3.83. The predicted octanol–water partition coefficient (Wildman–Crippen LogP) is 2.43. The Morgan fingerprint density at radius 2 is 2.00 bits per heavy atom. The number of rotatable bonds is 6. The minimum Gasteiger partial charge on any atom is -0.341 e. The van der Waals surface area contributed by atoms with E-state index in [0.29, 0.717) is 19.5 Å². The van der Waals surface area contributed by atoms with Crippen molar-refractivity contribution in [3.8, 4) is 5.69 Å². The summed E-state index contributed by atoms with van der Waals surface area (Å²) in [5, 5.41) is 8.66. The maximum atomic E-state index is 12.3. The average molecular weight is 323 g/mol. The van der Waals surface area contributed by atoms with Crippen molar-refractivity contribution in [2.45, 2.75) is 26.4 Å². The third kappa shape index (κ3) is 3.90. The van der Waals surface area contributed by atoms with E-state index in [1.165, 1.54) is 0 Å². The SMILES string of the molecule is Cc1ccn(CCC(=O)N(C)Cc2cnn(-c3ccccc3)c2)n1. The Hall–Kier alpha value is -2.89. The van der Waals surface area contributed by atoms with Gasteiger partial charge in [-0.1, -0.05) is 18.2 Å². The van der Waals surface area contributed by atoms with Crippen LogP contribution < -0.4 is 0 Å². The molecule has 24 heavy (non-hydrogen) atoms. The number of amides is 1. The van der Waals surface area contributed by atoms with Gasteiger partial charge in [0.25, 0.3) is 0 Å². The van der Waals surface area contributed by atoms with E-state index in [1.54, 1.807) is 15.8 Å². The van der Waals surface area contributed by atoms with Gasteiger partial charge in [0.1, 0.15) is 0 Å². The molecule has 0 fully saturated rings. The van der Waals surface area contributed by atoms with Gasteiger partial charge >= 0.3 is 0 Å². The first-order chi connectivity index (χ1) is 11.6. The lowest BCUT2D eigenvalue weighted by atomic mass is 10.3. The summed E-state index contributed by atoms with van der Waals surface area (Å²) >= 11 is 0. The number of carbonyl (C=O) groups excluding carboxylic acids is 1. The summed E-state index contributed by atoms with van der Waals surface area (Å²) in [7, 11) is 1.82. The van der Waals surface area contributed by atoms with Crippen LogP contribution >= 0.6 is 0 Å². The lowest BCUT2D eigenvalue weighted by Gasteiger charge is -2.16. The van der Waals surface area contributed by atoms with Gasteiger partial charge < -0.3 is 4.90 Å². The number of para-hydroxylation sites is 1. The molecule has 0 aliphatic carbocycles. The standard InChI is InChI=1S/C18H21N5O/c1-15-8-10-22(20-15)11-9-18(24)21(2)13-16-12-19-23(14-16)17-6-4-3-5-7-17/h3-8,10,12,14H,9,11,13H2,1-2H3. The molecule has 0 bridgehead atoms. The van der Waals surface area contributed by atoms with Crippen LogP contribution in [0.15, 0.2) is 55.0 Å². The van der Waals surface area contributed by atoms with E-state index in [-0.39, 0.29) is 5.91 Å². The van der Waals surface area contributed by atoms with Crippen molar-refractivity contribution >= 4 is 5.91 Å². The maximum Gasteiger partial charge on any atom is 0.224 e. The first kappa shape index (κ1) is 16.0. The Morgan fingerprint density at radius 3 is 2.71 bits per heavy atom. The van der Waals surface area contributed by atoms with Crippen LogP contribution in [0.4, 0.5) is 0 Å². The Bertz CT molecular complexity index is 806. The molecule has 0 atom stereocenters. The molecule has 1 aromatic carbocycles. The molecular formula is C18H21N5O. The van der Waals surface area contributed by atoms with Crippen molar-refractivity contribution < 1.29 is 4.79 Å². The number of benzene rings is 1. The molecule has 0 aliphatic rings. The molecule has 0 unspecified atom stereocenters. The van der Waals surface area contributed by atoms with Crippen LogP contribution in [0, 0.1) is 6.92 Å². The molecule has 2 heterocycles. The van der Waals surface area contributed by atoms with Crippen molar-refractivity contribution in [2.75, 3.05) is 7.05 Å². The molecule has 6 nitrogen and oxygen atoms in total. The lowest BCUT2D eigenvalue weighted by molar-refractivity contribution is -0.130. The summed E-state index contributed by atoms with van der Waals surface area (Å²) in [5.41, 5.74) is 2.97. The van der Waals surface area contributed by atoms with Gasteiger partial charge in [0.2, 0.25) is 5.91 Å².